The van der Waals surface area contributed by atoms with Gasteiger partial charge in [0.15, 0.2) is 17.3 Å². The number of carbonyl (C=O) groups excluding carboxylic acids is 1. The van der Waals surface area contributed by atoms with Crippen LogP contribution in [0.25, 0.3) is 0 Å². The number of rotatable bonds is 7. The van der Waals surface area contributed by atoms with Crippen molar-refractivity contribution in [1.29, 1.82) is 0 Å². The minimum atomic E-state index is -0.810. The van der Waals surface area contributed by atoms with E-state index in [2.05, 4.69) is 0 Å². The summed E-state index contributed by atoms with van der Waals surface area (Å²) < 4.78 is 38.9. The van der Waals surface area contributed by atoms with Crippen LogP contribution in [0.5, 0.6) is 46.0 Å². The van der Waals surface area contributed by atoms with Crippen molar-refractivity contribution in [3.8, 4) is 46.0 Å². The van der Waals surface area contributed by atoms with E-state index in [0.29, 0.717) is 11.3 Å². The average molecular weight is 420 g/mol. The van der Waals surface area contributed by atoms with Crippen molar-refractivity contribution >= 4 is 5.78 Å². The van der Waals surface area contributed by atoms with Gasteiger partial charge in [-0.1, -0.05) is 0 Å². The van der Waals surface area contributed by atoms with Crippen molar-refractivity contribution in [3.05, 3.63) is 23.3 Å². The predicted octanol–water partition coefficient (Wildman–Crippen LogP) is 3.15. The van der Waals surface area contributed by atoms with Gasteiger partial charge in [0.05, 0.1) is 54.6 Å². The Bertz CT molecular complexity index is 935. The molecule has 0 saturated heterocycles. The van der Waals surface area contributed by atoms with Gasteiger partial charge in [0.25, 0.3) is 0 Å². The number of benzene rings is 2. The van der Waals surface area contributed by atoms with Gasteiger partial charge in [-0.25, -0.2) is 0 Å². The fourth-order valence-corrected chi connectivity index (χ4v) is 3.60. The lowest BCUT2D eigenvalue weighted by atomic mass is 9.93. The summed E-state index contributed by atoms with van der Waals surface area (Å²) in [5, 5.41) is 10.2. The molecule has 0 saturated carbocycles. The molecule has 9 nitrogen and oxygen atoms in total. The van der Waals surface area contributed by atoms with Gasteiger partial charge in [0, 0.05) is 12.1 Å². The number of hydrogen-bond donors (Lipinski definition) is 1. The molecule has 9 heteroatoms. The molecule has 0 amide bonds. The summed E-state index contributed by atoms with van der Waals surface area (Å²) >= 11 is 0. The molecule has 0 bridgehead atoms. The standard InChI is InChI=1S/C21H24O9/c1-24-10-7-11(22)15-12(23)9-14(30-13(15)8-10)16-17(25-2)19(27-4)21(29-6)20(28-5)18(16)26-3/h7-8,14,22H,9H2,1-6H3. The third-order valence-electron chi connectivity index (χ3n) is 4.87. The lowest BCUT2D eigenvalue weighted by Gasteiger charge is -2.30. The summed E-state index contributed by atoms with van der Waals surface area (Å²) in [5.41, 5.74) is 0.508. The Morgan fingerprint density at radius 2 is 1.30 bits per heavy atom. The number of phenolic OH excluding ortho intramolecular Hbond substituents is 1. The van der Waals surface area contributed by atoms with Gasteiger partial charge >= 0.3 is 0 Å². The van der Waals surface area contributed by atoms with Crippen LogP contribution in [0.3, 0.4) is 0 Å². The van der Waals surface area contributed by atoms with Crippen LogP contribution in [0, 0.1) is 0 Å². The molecule has 2 aromatic rings. The number of ether oxygens (including phenoxy) is 7. The van der Waals surface area contributed by atoms with Crippen molar-refractivity contribution in [1.82, 2.24) is 0 Å². The summed E-state index contributed by atoms with van der Waals surface area (Å²) in [5.74, 6) is 1.39. The van der Waals surface area contributed by atoms with E-state index in [1.54, 1.807) is 0 Å². The highest BCUT2D eigenvalue weighted by atomic mass is 16.6. The molecule has 0 aliphatic carbocycles. The van der Waals surface area contributed by atoms with Crippen LogP contribution in [-0.4, -0.2) is 53.5 Å². The third-order valence-corrected chi connectivity index (χ3v) is 4.87. The first kappa shape index (κ1) is 21.2. The first-order valence-corrected chi connectivity index (χ1v) is 9.00. The van der Waals surface area contributed by atoms with Crippen LogP contribution in [0.2, 0.25) is 0 Å². The van der Waals surface area contributed by atoms with Crippen molar-refractivity contribution < 1.29 is 43.1 Å². The van der Waals surface area contributed by atoms with Crippen LogP contribution in [0.4, 0.5) is 0 Å². The third kappa shape index (κ3) is 3.26. The summed E-state index contributed by atoms with van der Waals surface area (Å²) in [6, 6.07) is 2.90. The van der Waals surface area contributed by atoms with Gasteiger partial charge in [-0.15, -0.1) is 0 Å². The van der Waals surface area contributed by atoms with Gasteiger partial charge in [-0.05, 0) is 0 Å². The van der Waals surface area contributed by atoms with E-state index in [1.807, 2.05) is 0 Å². The molecule has 1 atom stereocenters. The molecule has 1 aliphatic rings. The molecule has 162 valence electrons. The summed E-state index contributed by atoms with van der Waals surface area (Å²) in [7, 11) is 8.75. The Morgan fingerprint density at radius 3 is 1.77 bits per heavy atom. The zero-order chi connectivity index (χ0) is 22.0. The number of fused-ring (bicyclic) bond motifs is 1. The maximum absolute atomic E-state index is 12.9. The van der Waals surface area contributed by atoms with Crippen LogP contribution >= 0.6 is 0 Å². The normalized spacial score (nSPS) is 15.0. The van der Waals surface area contributed by atoms with E-state index in [1.165, 1.54) is 54.8 Å². The fraction of sp³-hybridized carbons (Fsp3) is 0.381. The second-order valence-electron chi connectivity index (χ2n) is 6.33. The Kier molecular flexibility index (Phi) is 6.00. The highest BCUT2D eigenvalue weighted by molar-refractivity contribution is 6.03. The highest BCUT2D eigenvalue weighted by Crippen LogP contribution is 2.57. The molecule has 0 spiro atoms. The molecule has 30 heavy (non-hydrogen) atoms. The van der Waals surface area contributed by atoms with Crippen LogP contribution < -0.4 is 33.2 Å². The van der Waals surface area contributed by atoms with Crippen LogP contribution in [0.15, 0.2) is 12.1 Å². The Hall–Kier alpha value is -3.49. The van der Waals surface area contributed by atoms with Crippen molar-refractivity contribution in [2.75, 3.05) is 42.7 Å². The number of aromatic hydroxyl groups is 1. The first-order valence-electron chi connectivity index (χ1n) is 9.00. The minimum absolute atomic E-state index is 0.0712. The SMILES string of the molecule is COc1cc(O)c2c(c1)OC(c1c(OC)c(OC)c(OC)c(OC)c1OC)CC2=O. The van der Waals surface area contributed by atoms with E-state index >= 15 is 0 Å². The van der Waals surface area contributed by atoms with E-state index in [9.17, 15) is 9.90 Å². The van der Waals surface area contributed by atoms with Crippen molar-refractivity contribution in [3.63, 3.8) is 0 Å². The second-order valence-corrected chi connectivity index (χ2v) is 6.33. The topological polar surface area (TPSA) is 102 Å². The fourth-order valence-electron chi connectivity index (χ4n) is 3.60. The highest BCUT2D eigenvalue weighted by Gasteiger charge is 2.38. The summed E-state index contributed by atoms with van der Waals surface area (Å²) in [6.45, 7) is 0. The molecule has 0 radical (unpaired) electrons. The molecule has 1 aliphatic heterocycles. The number of ketones is 1. The minimum Gasteiger partial charge on any atom is -0.507 e. The lowest BCUT2D eigenvalue weighted by molar-refractivity contribution is 0.0836. The van der Waals surface area contributed by atoms with Crippen molar-refractivity contribution in [2.24, 2.45) is 0 Å². The maximum atomic E-state index is 12.9. The van der Waals surface area contributed by atoms with E-state index in [-0.39, 0.29) is 58.0 Å². The number of methoxy groups -OCH3 is 6. The number of carbonyl (C=O) groups is 1. The maximum Gasteiger partial charge on any atom is 0.211 e. The molecule has 0 aromatic heterocycles. The Morgan fingerprint density at radius 1 is 0.800 bits per heavy atom. The molecule has 3 rings (SSSR count). The molecular formula is C21H24O9. The molecule has 1 unspecified atom stereocenters. The van der Waals surface area contributed by atoms with Gasteiger partial charge in [-0.2, -0.15) is 0 Å². The molecule has 1 N–H and O–H groups in total. The summed E-state index contributed by atoms with van der Waals surface area (Å²) in [6.07, 6.45) is -0.881. The van der Waals surface area contributed by atoms with Crippen molar-refractivity contribution in [2.45, 2.75) is 12.5 Å². The first-order chi connectivity index (χ1) is 14.4. The largest absolute Gasteiger partial charge is 0.507 e. The number of phenols is 1. The second kappa shape index (κ2) is 8.48. The van der Waals surface area contributed by atoms with Crippen LogP contribution in [0.1, 0.15) is 28.4 Å². The molecular weight excluding hydrogens is 396 g/mol. The van der Waals surface area contributed by atoms with Crippen LogP contribution in [-0.2, 0) is 0 Å². The van der Waals surface area contributed by atoms with Gasteiger partial charge in [0.2, 0.25) is 17.2 Å². The van der Waals surface area contributed by atoms with Gasteiger partial charge in [-0.3, -0.25) is 4.79 Å². The smallest absolute Gasteiger partial charge is 0.211 e. The lowest BCUT2D eigenvalue weighted by Crippen LogP contribution is -2.22. The van der Waals surface area contributed by atoms with E-state index < -0.39 is 6.10 Å². The molecule has 2 aromatic carbocycles. The van der Waals surface area contributed by atoms with Gasteiger partial charge < -0.3 is 38.3 Å². The monoisotopic (exact) mass is 420 g/mol. The zero-order valence-electron chi connectivity index (χ0n) is 17.7. The van der Waals surface area contributed by atoms with Gasteiger partial charge in [0.1, 0.15) is 28.9 Å². The zero-order valence-corrected chi connectivity index (χ0v) is 17.7. The molecule has 0 fully saturated rings. The predicted molar refractivity (Wildman–Crippen MR) is 106 cm³/mol. The van der Waals surface area contributed by atoms with E-state index in [0.717, 1.165) is 0 Å². The quantitative estimate of drug-likeness (QED) is 0.724. The molecule has 1 heterocycles. The van der Waals surface area contributed by atoms with E-state index in [4.69, 9.17) is 33.2 Å². The number of Topliss-reactive ketones (excluding diaryl/α,β-unsaturated/α-hetero) is 1. The average Bonchev–Trinajstić information content (AvgIpc) is 2.75. The Balaban J connectivity index is 2.25. The number of hydrogen-bond acceptors (Lipinski definition) is 9. The summed E-state index contributed by atoms with van der Waals surface area (Å²) in [4.78, 5) is 12.9. The Labute approximate surface area is 174 Å².